The van der Waals surface area contributed by atoms with E-state index in [-0.39, 0.29) is 5.91 Å². The third kappa shape index (κ3) is 2.57. The molecule has 0 bridgehead atoms. The smallest absolute Gasteiger partial charge is 0.273 e. The van der Waals surface area contributed by atoms with Crippen LogP contribution in [0.3, 0.4) is 0 Å². The maximum absolute atomic E-state index is 12.5. The zero-order valence-corrected chi connectivity index (χ0v) is 11.9. The van der Waals surface area contributed by atoms with Gasteiger partial charge in [0.25, 0.3) is 5.91 Å². The summed E-state index contributed by atoms with van der Waals surface area (Å²) in [5, 5.41) is 2.83. The van der Waals surface area contributed by atoms with E-state index in [9.17, 15) is 4.79 Å². The molecule has 2 heterocycles. The zero-order valence-electron chi connectivity index (χ0n) is 11.1. The maximum atomic E-state index is 12.5. The molecule has 5 heteroatoms. The Labute approximate surface area is 112 Å². The lowest BCUT2D eigenvalue weighted by Gasteiger charge is -2.27. The third-order valence-corrected chi connectivity index (χ3v) is 4.53. The molecule has 1 aromatic rings. The Kier molecular flexibility index (Phi) is 4.35. The van der Waals surface area contributed by atoms with Gasteiger partial charge >= 0.3 is 0 Å². The number of nitrogens with zero attached hydrogens (tertiary/aromatic N) is 2. The van der Waals surface area contributed by atoms with Crippen LogP contribution in [0.1, 0.15) is 48.6 Å². The van der Waals surface area contributed by atoms with Crippen LogP contribution in [-0.2, 0) is 6.42 Å². The van der Waals surface area contributed by atoms with Gasteiger partial charge in [0, 0.05) is 23.9 Å². The zero-order chi connectivity index (χ0) is 13.1. The van der Waals surface area contributed by atoms with E-state index in [2.05, 4.69) is 18.8 Å². The van der Waals surface area contributed by atoms with Gasteiger partial charge in [0.2, 0.25) is 0 Å². The van der Waals surface area contributed by atoms with E-state index in [4.69, 9.17) is 5.73 Å². The molecule has 0 aromatic carbocycles. The monoisotopic (exact) mass is 267 g/mol. The molecule has 1 saturated heterocycles. The molecule has 1 amide bonds. The fourth-order valence-corrected chi connectivity index (χ4v) is 3.41. The summed E-state index contributed by atoms with van der Waals surface area (Å²) in [7, 11) is 0. The van der Waals surface area contributed by atoms with E-state index < -0.39 is 0 Å². The average Bonchev–Trinajstić information content (AvgIpc) is 2.95. The molecule has 2 atom stereocenters. The molecular formula is C13H21N3OS. The van der Waals surface area contributed by atoms with Gasteiger partial charge < -0.3 is 10.6 Å². The molecule has 0 saturated carbocycles. The number of rotatable bonds is 4. The molecule has 1 aromatic heterocycles. The van der Waals surface area contributed by atoms with Crippen molar-refractivity contribution in [2.45, 2.75) is 51.6 Å². The van der Waals surface area contributed by atoms with Crippen LogP contribution in [-0.4, -0.2) is 34.4 Å². The predicted octanol–water partition coefficient (Wildman–Crippen LogP) is 2.05. The number of carbonyl (C=O) groups excluding carboxylic acids is 1. The summed E-state index contributed by atoms with van der Waals surface area (Å²) in [6, 6.07) is 0.717. The highest BCUT2D eigenvalue weighted by atomic mass is 32.1. The molecule has 100 valence electrons. The SMILES string of the molecule is CCC1CCC(C)N1C(=O)c1csc(CCN)n1. The quantitative estimate of drug-likeness (QED) is 0.908. The second kappa shape index (κ2) is 5.80. The number of carbonyl (C=O) groups is 1. The lowest BCUT2D eigenvalue weighted by molar-refractivity contribution is 0.0671. The summed E-state index contributed by atoms with van der Waals surface area (Å²) in [5.41, 5.74) is 6.10. The second-order valence-corrected chi connectivity index (χ2v) is 5.81. The molecule has 2 N–H and O–H groups in total. The minimum atomic E-state index is 0.0892. The summed E-state index contributed by atoms with van der Waals surface area (Å²) < 4.78 is 0. The number of nitrogens with two attached hydrogens (primary N) is 1. The van der Waals surface area contributed by atoms with Crippen molar-refractivity contribution in [1.29, 1.82) is 0 Å². The van der Waals surface area contributed by atoms with Crippen molar-refractivity contribution in [2.24, 2.45) is 5.73 Å². The summed E-state index contributed by atoms with van der Waals surface area (Å²) in [6.45, 7) is 4.85. The number of aromatic nitrogens is 1. The fraction of sp³-hybridized carbons (Fsp3) is 0.692. The van der Waals surface area contributed by atoms with Crippen LogP contribution in [0.15, 0.2) is 5.38 Å². The van der Waals surface area contributed by atoms with Gasteiger partial charge in [0.05, 0.1) is 5.01 Å². The maximum Gasteiger partial charge on any atom is 0.273 e. The number of hydrogen-bond donors (Lipinski definition) is 1. The number of likely N-dealkylation sites (tertiary alicyclic amines) is 1. The molecule has 4 nitrogen and oxygen atoms in total. The first-order valence-corrected chi connectivity index (χ1v) is 7.52. The van der Waals surface area contributed by atoms with Crippen LogP contribution in [0.2, 0.25) is 0 Å². The fourth-order valence-electron chi connectivity index (χ4n) is 2.62. The Morgan fingerprint density at radius 2 is 2.39 bits per heavy atom. The van der Waals surface area contributed by atoms with Crippen LogP contribution in [0.4, 0.5) is 0 Å². The third-order valence-electron chi connectivity index (χ3n) is 3.62. The molecular weight excluding hydrogens is 246 g/mol. The molecule has 0 radical (unpaired) electrons. The number of amides is 1. The molecule has 2 unspecified atom stereocenters. The normalized spacial score (nSPS) is 23.6. The van der Waals surface area contributed by atoms with Crippen LogP contribution < -0.4 is 5.73 Å². The molecule has 18 heavy (non-hydrogen) atoms. The van der Waals surface area contributed by atoms with Gasteiger partial charge in [-0.3, -0.25) is 4.79 Å². The second-order valence-electron chi connectivity index (χ2n) is 4.87. The predicted molar refractivity (Wildman–Crippen MR) is 73.8 cm³/mol. The standard InChI is InChI=1S/C13H21N3OS/c1-3-10-5-4-9(2)16(10)13(17)11-8-18-12(15-11)6-7-14/h8-10H,3-7,14H2,1-2H3. The first kappa shape index (κ1) is 13.5. The average molecular weight is 267 g/mol. The van der Waals surface area contributed by atoms with Crippen LogP contribution >= 0.6 is 11.3 Å². The van der Waals surface area contributed by atoms with Gasteiger partial charge in [-0.2, -0.15) is 0 Å². The van der Waals surface area contributed by atoms with Crippen molar-refractivity contribution in [2.75, 3.05) is 6.54 Å². The van der Waals surface area contributed by atoms with Crippen molar-refractivity contribution in [3.05, 3.63) is 16.1 Å². The Balaban J connectivity index is 2.13. The van der Waals surface area contributed by atoms with Crippen molar-refractivity contribution < 1.29 is 4.79 Å². The summed E-state index contributed by atoms with van der Waals surface area (Å²) >= 11 is 1.53. The highest BCUT2D eigenvalue weighted by Gasteiger charge is 2.34. The van der Waals surface area contributed by atoms with Gasteiger partial charge in [0.1, 0.15) is 5.69 Å². The van der Waals surface area contributed by atoms with Gasteiger partial charge in [-0.05, 0) is 32.7 Å². The molecule has 2 rings (SSSR count). The van der Waals surface area contributed by atoms with Crippen molar-refractivity contribution >= 4 is 17.2 Å². The van der Waals surface area contributed by atoms with Crippen molar-refractivity contribution in [3.63, 3.8) is 0 Å². The minimum absolute atomic E-state index is 0.0892. The van der Waals surface area contributed by atoms with E-state index in [0.29, 0.717) is 24.3 Å². The first-order chi connectivity index (χ1) is 8.67. The van der Waals surface area contributed by atoms with E-state index in [0.717, 1.165) is 30.7 Å². The Morgan fingerprint density at radius 3 is 3.06 bits per heavy atom. The Bertz CT molecular complexity index is 418. The van der Waals surface area contributed by atoms with Crippen molar-refractivity contribution in [3.8, 4) is 0 Å². The lowest BCUT2D eigenvalue weighted by atomic mass is 10.1. The highest BCUT2D eigenvalue weighted by Crippen LogP contribution is 2.28. The van der Waals surface area contributed by atoms with Crippen LogP contribution in [0.5, 0.6) is 0 Å². The van der Waals surface area contributed by atoms with Gasteiger partial charge in [-0.25, -0.2) is 4.98 Å². The Morgan fingerprint density at radius 1 is 1.61 bits per heavy atom. The largest absolute Gasteiger partial charge is 0.332 e. The van der Waals surface area contributed by atoms with E-state index in [1.54, 1.807) is 0 Å². The van der Waals surface area contributed by atoms with E-state index >= 15 is 0 Å². The van der Waals surface area contributed by atoms with Gasteiger partial charge in [-0.1, -0.05) is 6.92 Å². The number of hydrogen-bond acceptors (Lipinski definition) is 4. The molecule has 1 aliphatic rings. The molecule has 0 spiro atoms. The molecule has 1 fully saturated rings. The minimum Gasteiger partial charge on any atom is -0.332 e. The topological polar surface area (TPSA) is 59.2 Å². The van der Waals surface area contributed by atoms with E-state index in [1.807, 2.05) is 10.3 Å². The highest BCUT2D eigenvalue weighted by molar-refractivity contribution is 7.09. The Hall–Kier alpha value is -0.940. The number of thiazole rings is 1. The van der Waals surface area contributed by atoms with Gasteiger partial charge in [0.15, 0.2) is 0 Å². The van der Waals surface area contributed by atoms with Gasteiger partial charge in [-0.15, -0.1) is 11.3 Å². The first-order valence-electron chi connectivity index (χ1n) is 6.64. The summed E-state index contributed by atoms with van der Waals surface area (Å²) in [4.78, 5) is 18.9. The van der Waals surface area contributed by atoms with E-state index in [1.165, 1.54) is 11.3 Å². The van der Waals surface area contributed by atoms with Crippen LogP contribution in [0, 0.1) is 0 Å². The summed E-state index contributed by atoms with van der Waals surface area (Å²) in [6.07, 6.45) is 3.99. The van der Waals surface area contributed by atoms with Crippen molar-refractivity contribution in [1.82, 2.24) is 9.88 Å². The molecule has 0 aliphatic carbocycles. The van der Waals surface area contributed by atoms with Crippen LogP contribution in [0.25, 0.3) is 0 Å². The lowest BCUT2D eigenvalue weighted by Crippen LogP contribution is -2.39. The summed E-state index contributed by atoms with van der Waals surface area (Å²) in [5.74, 6) is 0.0892. The molecule has 1 aliphatic heterocycles.